The van der Waals surface area contributed by atoms with Crippen LogP contribution in [0.5, 0.6) is 0 Å². The van der Waals surface area contributed by atoms with Gasteiger partial charge >= 0.3 is 5.97 Å². The molecule has 3 rings (SSSR count). The summed E-state index contributed by atoms with van der Waals surface area (Å²) in [5.74, 6) is -1.13. The Labute approximate surface area is 162 Å². The van der Waals surface area contributed by atoms with Crippen LogP contribution in [-0.2, 0) is 27.2 Å². The summed E-state index contributed by atoms with van der Waals surface area (Å²) < 4.78 is 4.85. The van der Waals surface area contributed by atoms with Crippen molar-refractivity contribution >= 4 is 34.1 Å². The van der Waals surface area contributed by atoms with Gasteiger partial charge in [-0.15, -0.1) is 11.3 Å². The molecular formula is C19H26N2O5S. The molecule has 8 heteroatoms. The molecule has 1 saturated carbocycles. The number of carbonyl (C=O) groups excluding carboxylic acids is 2. The minimum absolute atomic E-state index is 0.115. The molecule has 0 bridgehead atoms. The van der Waals surface area contributed by atoms with Crippen LogP contribution < -0.4 is 10.6 Å². The molecule has 0 saturated heterocycles. The Morgan fingerprint density at radius 2 is 1.93 bits per heavy atom. The van der Waals surface area contributed by atoms with Crippen molar-refractivity contribution in [3.05, 3.63) is 16.0 Å². The minimum Gasteiger partial charge on any atom is -0.480 e. The summed E-state index contributed by atoms with van der Waals surface area (Å²) in [6.07, 6.45) is 7.05. The first-order chi connectivity index (χ1) is 12.9. The number of rotatable bonds is 7. The molecule has 1 aromatic rings. The predicted octanol–water partition coefficient (Wildman–Crippen LogP) is 2.59. The second kappa shape index (κ2) is 8.84. The number of anilines is 1. The molecule has 0 spiro atoms. The second-order valence-electron chi connectivity index (χ2n) is 7.45. The van der Waals surface area contributed by atoms with Gasteiger partial charge in [-0.2, -0.15) is 0 Å². The number of thiophene rings is 1. The van der Waals surface area contributed by atoms with Crippen LogP contribution in [0.25, 0.3) is 0 Å². The number of hydrogen-bond acceptors (Lipinski definition) is 5. The summed E-state index contributed by atoms with van der Waals surface area (Å²) in [6.45, 7) is 1.31. The van der Waals surface area contributed by atoms with E-state index in [0.29, 0.717) is 16.5 Å². The lowest BCUT2D eigenvalue weighted by molar-refractivity contribution is -0.143. The number of hydrogen-bond donors (Lipinski definition) is 3. The fourth-order valence-electron chi connectivity index (χ4n) is 3.80. The summed E-state index contributed by atoms with van der Waals surface area (Å²) >= 11 is 1.46. The van der Waals surface area contributed by atoms with E-state index < -0.39 is 18.5 Å². The molecule has 0 radical (unpaired) electrons. The van der Waals surface area contributed by atoms with Crippen molar-refractivity contribution in [2.45, 2.75) is 57.9 Å². The maximum absolute atomic E-state index is 13.0. The zero-order chi connectivity index (χ0) is 19.4. The van der Waals surface area contributed by atoms with Crippen molar-refractivity contribution in [2.75, 3.05) is 18.5 Å². The van der Waals surface area contributed by atoms with Gasteiger partial charge in [0.15, 0.2) is 0 Å². The first-order valence-electron chi connectivity index (χ1n) is 9.48. The van der Waals surface area contributed by atoms with E-state index >= 15 is 0 Å². The first-order valence-corrected chi connectivity index (χ1v) is 10.3. The topological polar surface area (TPSA) is 105 Å². The van der Waals surface area contributed by atoms with Gasteiger partial charge in [-0.3, -0.25) is 9.59 Å². The van der Waals surface area contributed by atoms with Crippen molar-refractivity contribution < 1.29 is 24.2 Å². The van der Waals surface area contributed by atoms with Gasteiger partial charge in [0, 0.05) is 10.9 Å². The van der Waals surface area contributed by atoms with Crippen molar-refractivity contribution in [3.8, 4) is 0 Å². The fourth-order valence-corrected chi connectivity index (χ4v) is 5.22. The van der Waals surface area contributed by atoms with Crippen LogP contribution in [0.3, 0.4) is 0 Å². The quantitative estimate of drug-likeness (QED) is 0.659. The summed E-state index contributed by atoms with van der Waals surface area (Å²) in [5, 5.41) is 15.0. The molecule has 1 heterocycles. The highest BCUT2D eigenvalue weighted by molar-refractivity contribution is 7.17. The molecule has 2 amide bonds. The molecular weight excluding hydrogens is 368 g/mol. The minimum atomic E-state index is -1.12. The Hall–Kier alpha value is -1.93. The van der Waals surface area contributed by atoms with Crippen LogP contribution in [0, 0.1) is 5.92 Å². The molecule has 2 aliphatic carbocycles. The smallest absolute Gasteiger partial charge is 0.329 e. The Kier molecular flexibility index (Phi) is 6.49. The van der Waals surface area contributed by atoms with Gasteiger partial charge in [-0.25, -0.2) is 4.79 Å². The van der Waals surface area contributed by atoms with E-state index in [1.807, 2.05) is 0 Å². The first kappa shape index (κ1) is 19.8. The molecule has 1 aromatic heterocycles. The number of aliphatic carboxylic acids is 1. The third kappa shape index (κ3) is 5.07. The lowest BCUT2D eigenvalue weighted by Crippen LogP contribution is -2.34. The van der Waals surface area contributed by atoms with Crippen LogP contribution in [0.1, 0.15) is 59.8 Å². The van der Waals surface area contributed by atoms with Crippen LogP contribution >= 0.6 is 11.3 Å². The average molecular weight is 394 g/mol. The Balaban J connectivity index is 1.76. The molecule has 27 heavy (non-hydrogen) atoms. The lowest BCUT2D eigenvalue weighted by Gasteiger charge is -2.19. The highest BCUT2D eigenvalue weighted by Crippen LogP contribution is 2.39. The van der Waals surface area contributed by atoms with E-state index in [4.69, 9.17) is 9.84 Å². The third-order valence-corrected chi connectivity index (χ3v) is 6.31. The normalized spacial score (nSPS) is 19.5. The Bertz CT molecular complexity index is 724. The number of carboxylic acid groups (broad SMARTS) is 1. The molecule has 1 fully saturated rings. The number of ether oxygens (including phenoxy) is 1. The zero-order valence-corrected chi connectivity index (χ0v) is 16.3. The molecule has 0 aliphatic heterocycles. The van der Waals surface area contributed by atoms with E-state index in [2.05, 4.69) is 17.6 Å². The molecule has 7 nitrogen and oxygen atoms in total. The number of amides is 2. The van der Waals surface area contributed by atoms with Gasteiger partial charge in [0.1, 0.15) is 18.2 Å². The molecule has 2 aliphatic rings. The molecule has 3 N–H and O–H groups in total. The maximum atomic E-state index is 13.0. The van der Waals surface area contributed by atoms with Crippen molar-refractivity contribution in [1.82, 2.24) is 5.32 Å². The van der Waals surface area contributed by atoms with Crippen LogP contribution in [-0.4, -0.2) is 42.1 Å². The van der Waals surface area contributed by atoms with Crippen molar-refractivity contribution in [2.24, 2.45) is 5.92 Å². The monoisotopic (exact) mass is 394 g/mol. The molecule has 0 unspecified atom stereocenters. The highest BCUT2D eigenvalue weighted by atomic mass is 32.1. The van der Waals surface area contributed by atoms with Gasteiger partial charge in [0.2, 0.25) is 0 Å². The standard InChI is InChI=1S/C19H26N2O5S/c1-11-6-7-13-14(8-11)27-19(21-15(22)9-26-10-16(23)24)17(13)18(25)20-12-4-2-3-5-12/h11-12H,2-10H2,1H3,(H,20,25)(H,21,22)(H,23,24)/t11-/m1/s1. The van der Waals surface area contributed by atoms with Crippen molar-refractivity contribution in [3.63, 3.8) is 0 Å². The van der Waals surface area contributed by atoms with Gasteiger partial charge < -0.3 is 20.5 Å². The van der Waals surface area contributed by atoms with Crippen LogP contribution in [0.4, 0.5) is 5.00 Å². The second-order valence-corrected chi connectivity index (χ2v) is 8.55. The Morgan fingerprint density at radius 1 is 1.19 bits per heavy atom. The summed E-state index contributed by atoms with van der Waals surface area (Å²) in [4.78, 5) is 36.8. The molecule has 0 aromatic carbocycles. The van der Waals surface area contributed by atoms with E-state index in [9.17, 15) is 14.4 Å². The van der Waals surface area contributed by atoms with Gasteiger partial charge in [-0.05, 0) is 43.6 Å². The summed E-state index contributed by atoms with van der Waals surface area (Å²) in [7, 11) is 0. The van der Waals surface area contributed by atoms with Gasteiger partial charge in [-0.1, -0.05) is 19.8 Å². The largest absolute Gasteiger partial charge is 0.480 e. The predicted molar refractivity (Wildman–Crippen MR) is 102 cm³/mol. The summed E-state index contributed by atoms with van der Waals surface area (Å²) in [5.41, 5.74) is 1.63. The number of carboxylic acids is 1. The third-order valence-electron chi connectivity index (χ3n) is 5.14. The van der Waals surface area contributed by atoms with E-state index in [1.54, 1.807) is 0 Å². The number of fused-ring (bicyclic) bond motifs is 1. The van der Waals surface area contributed by atoms with Crippen molar-refractivity contribution in [1.29, 1.82) is 0 Å². The molecule has 148 valence electrons. The maximum Gasteiger partial charge on any atom is 0.329 e. The fraction of sp³-hybridized carbons (Fsp3) is 0.632. The van der Waals surface area contributed by atoms with E-state index in [1.165, 1.54) is 11.3 Å². The SMILES string of the molecule is C[C@@H]1CCc2c(sc(NC(=O)COCC(=O)O)c2C(=O)NC2CCCC2)C1. The average Bonchev–Trinajstić information content (AvgIpc) is 3.21. The molecule has 1 atom stereocenters. The summed E-state index contributed by atoms with van der Waals surface area (Å²) in [6, 6.07) is 0.206. The highest BCUT2D eigenvalue weighted by Gasteiger charge is 2.29. The van der Waals surface area contributed by atoms with E-state index in [-0.39, 0.29) is 18.6 Å². The van der Waals surface area contributed by atoms with Gasteiger partial charge in [0.25, 0.3) is 11.8 Å². The number of nitrogens with one attached hydrogen (secondary N) is 2. The lowest BCUT2D eigenvalue weighted by atomic mass is 9.88. The van der Waals surface area contributed by atoms with E-state index in [0.717, 1.165) is 55.4 Å². The zero-order valence-electron chi connectivity index (χ0n) is 15.5. The Morgan fingerprint density at radius 3 is 2.63 bits per heavy atom. The van der Waals surface area contributed by atoms with Crippen LogP contribution in [0.2, 0.25) is 0 Å². The number of carbonyl (C=O) groups is 3. The van der Waals surface area contributed by atoms with Gasteiger partial charge in [0.05, 0.1) is 5.56 Å². The van der Waals surface area contributed by atoms with Crippen LogP contribution in [0.15, 0.2) is 0 Å².